The van der Waals surface area contributed by atoms with Crippen LogP contribution >= 0.6 is 0 Å². The zero-order valence-corrected chi connectivity index (χ0v) is 19.9. The van der Waals surface area contributed by atoms with E-state index >= 15 is 0 Å². The van der Waals surface area contributed by atoms with E-state index in [0.717, 1.165) is 24.7 Å². The van der Waals surface area contributed by atoms with Crippen LogP contribution in [0.15, 0.2) is 12.1 Å². The van der Waals surface area contributed by atoms with Crippen molar-refractivity contribution in [3.63, 3.8) is 0 Å². The Hall–Kier alpha value is -1.32. The molecule has 4 heteroatoms. The van der Waals surface area contributed by atoms with E-state index in [-0.39, 0.29) is 11.5 Å². The summed E-state index contributed by atoms with van der Waals surface area (Å²) in [5, 5.41) is 0. The van der Waals surface area contributed by atoms with E-state index in [4.69, 9.17) is 9.47 Å². The molecule has 0 unspecified atom stereocenters. The lowest BCUT2D eigenvalue weighted by molar-refractivity contribution is -0.0149. The summed E-state index contributed by atoms with van der Waals surface area (Å²) in [6.45, 7) is 5.15. The zero-order chi connectivity index (χ0) is 22.3. The average Bonchev–Trinajstić information content (AvgIpc) is 2.81. The molecular weight excluding hydrogens is 394 g/mol. The summed E-state index contributed by atoms with van der Waals surface area (Å²) in [7, 11) is 1.33. The third kappa shape index (κ3) is 5.54. The van der Waals surface area contributed by atoms with Gasteiger partial charge in [0.05, 0.1) is 13.7 Å². The van der Waals surface area contributed by atoms with E-state index in [1.54, 1.807) is 0 Å². The van der Waals surface area contributed by atoms with Gasteiger partial charge in [-0.2, -0.15) is 8.78 Å². The molecule has 0 spiro atoms. The maximum Gasteiger partial charge on any atom is 0.204 e. The minimum Gasteiger partial charge on any atom is -0.494 e. The second-order valence-corrected chi connectivity index (χ2v) is 9.99. The molecule has 0 saturated heterocycles. The summed E-state index contributed by atoms with van der Waals surface area (Å²) in [6.07, 6.45) is 17.2. The molecule has 0 atom stereocenters. The molecule has 0 aromatic heterocycles. The maximum atomic E-state index is 14.2. The number of hydrogen-bond acceptors (Lipinski definition) is 2. The molecule has 3 rings (SSSR count). The fourth-order valence-corrected chi connectivity index (χ4v) is 6.67. The molecule has 2 aliphatic carbocycles. The lowest BCUT2D eigenvalue weighted by atomic mass is 9.54. The first-order valence-corrected chi connectivity index (χ1v) is 12.7. The van der Waals surface area contributed by atoms with Gasteiger partial charge in [-0.05, 0) is 73.8 Å². The Morgan fingerprint density at radius 3 is 2.06 bits per heavy atom. The van der Waals surface area contributed by atoms with Crippen LogP contribution in [0.25, 0.3) is 0 Å². The van der Waals surface area contributed by atoms with Crippen LogP contribution in [0, 0.1) is 34.8 Å². The van der Waals surface area contributed by atoms with Crippen molar-refractivity contribution in [1.82, 2.24) is 0 Å². The minimum absolute atomic E-state index is 0.00451. The van der Waals surface area contributed by atoms with Crippen molar-refractivity contribution < 1.29 is 18.3 Å². The van der Waals surface area contributed by atoms with Gasteiger partial charge in [-0.15, -0.1) is 0 Å². The minimum atomic E-state index is -0.971. The Morgan fingerprint density at radius 2 is 1.48 bits per heavy atom. The summed E-state index contributed by atoms with van der Waals surface area (Å²) >= 11 is 0. The Kier molecular flexibility index (Phi) is 9.04. The van der Waals surface area contributed by atoms with Crippen LogP contribution in [0.4, 0.5) is 8.78 Å². The van der Waals surface area contributed by atoms with E-state index < -0.39 is 11.6 Å². The fourth-order valence-electron chi connectivity index (χ4n) is 6.67. The molecule has 0 aliphatic heterocycles. The van der Waals surface area contributed by atoms with E-state index in [0.29, 0.717) is 17.9 Å². The predicted octanol–water partition coefficient (Wildman–Crippen LogP) is 8.33. The van der Waals surface area contributed by atoms with E-state index in [2.05, 4.69) is 13.8 Å². The van der Waals surface area contributed by atoms with Crippen LogP contribution in [0.5, 0.6) is 11.5 Å². The molecule has 0 bridgehead atoms. The van der Waals surface area contributed by atoms with E-state index in [1.807, 2.05) is 0 Å². The maximum absolute atomic E-state index is 14.2. The van der Waals surface area contributed by atoms with Crippen molar-refractivity contribution in [2.75, 3.05) is 13.7 Å². The summed E-state index contributed by atoms with van der Waals surface area (Å²) in [6, 6.07) is 2.90. The summed E-state index contributed by atoms with van der Waals surface area (Å²) in [5.74, 6) is 0.112. The first-order valence-electron chi connectivity index (χ1n) is 12.7. The number of methoxy groups -OCH3 is 1. The first-order chi connectivity index (χ1) is 15.1. The van der Waals surface area contributed by atoms with Crippen molar-refractivity contribution >= 4 is 0 Å². The SMILES string of the molecule is CCCC(CCC)C1([C@H]2CC[C@H](COc3ccc(OC)c(F)c3F)CC2)CCCCC1. The Balaban J connectivity index is 1.60. The molecule has 31 heavy (non-hydrogen) atoms. The largest absolute Gasteiger partial charge is 0.494 e. The van der Waals surface area contributed by atoms with Crippen molar-refractivity contribution in [2.45, 2.75) is 97.3 Å². The van der Waals surface area contributed by atoms with Crippen LogP contribution in [0.1, 0.15) is 97.3 Å². The topological polar surface area (TPSA) is 18.5 Å². The fraction of sp³-hybridized carbons (Fsp3) is 0.778. The van der Waals surface area contributed by atoms with Gasteiger partial charge in [-0.3, -0.25) is 0 Å². The third-order valence-electron chi connectivity index (χ3n) is 8.24. The number of ether oxygens (including phenoxy) is 2. The Bertz CT molecular complexity index is 670. The lowest BCUT2D eigenvalue weighted by Crippen LogP contribution is -2.42. The summed E-state index contributed by atoms with van der Waals surface area (Å²) in [5.41, 5.74) is 0.543. The highest BCUT2D eigenvalue weighted by molar-refractivity contribution is 5.34. The van der Waals surface area contributed by atoms with E-state index in [9.17, 15) is 8.78 Å². The second kappa shape index (κ2) is 11.5. The number of halogens is 2. The van der Waals surface area contributed by atoms with Gasteiger partial charge in [0.25, 0.3) is 0 Å². The van der Waals surface area contributed by atoms with Gasteiger partial charge in [0, 0.05) is 0 Å². The monoisotopic (exact) mass is 436 g/mol. The molecule has 2 fully saturated rings. The van der Waals surface area contributed by atoms with Crippen molar-refractivity contribution in [1.29, 1.82) is 0 Å². The van der Waals surface area contributed by atoms with Crippen LogP contribution in [0.3, 0.4) is 0 Å². The standard InChI is InChI=1S/C27H42F2O2/c1-4-9-21(10-5-2)27(17-7-6-8-18-27)22-13-11-20(12-14-22)19-31-24-16-15-23(30-3)25(28)26(24)29/h15-16,20-22H,4-14,17-19H2,1-3H3/t20-,22-. The zero-order valence-electron chi connectivity index (χ0n) is 19.9. The highest BCUT2D eigenvalue weighted by atomic mass is 19.2. The van der Waals surface area contributed by atoms with Gasteiger partial charge >= 0.3 is 0 Å². The van der Waals surface area contributed by atoms with Gasteiger partial charge in [0.1, 0.15) is 0 Å². The smallest absolute Gasteiger partial charge is 0.204 e. The summed E-state index contributed by atoms with van der Waals surface area (Å²) in [4.78, 5) is 0. The van der Waals surface area contributed by atoms with Gasteiger partial charge in [0.2, 0.25) is 11.6 Å². The molecule has 2 nitrogen and oxygen atoms in total. The third-order valence-corrected chi connectivity index (χ3v) is 8.24. The molecular formula is C27H42F2O2. The van der Waals surface area contributed by atoms with Crippen LogP contribution in [0.2, 0.25) is 0 Å². The molecule has 176 valence electrons. The van der Waals surface area contributed by atoms with Crippen LogP contribution in [-0.2, 0) is 0 Å². The molecule has 2 saturated carbocycles. The lowest BCUT2D eigenvalue weighted by Gasteiger charge is -2.51. The van der Waals surface area contributed by atoms with Gasteiger partial charge in [0.15, 0.2) is 11.5 Å². The van der Waals surface area contributed by atoms with Crippen LogP contribution < -0.4 is 9.47 Å². The van der Waals surface area contributed by atoms with Gasteiger partial charge in [-0.25, -0.2) is 0 Å². The first kappa shape index (κ1) is 24.3. The van der Waals surface area contributed by atoms with Crippen LogP contribution in [-0.4, -0.2) is 13.7 Å². The number of hydrogen-bond donors (Lipinski definition) is 0. The van der Waals surface area contributed by atoms with Crippen molar-refractivity contribution in [3.05, 3.63) is 23.8 Å². The Labute approximate surface area is 188 Å². The van der Waals surface area contributed by atoms with Gasteiger partial charge < -0.3 is 9.47 Å². The molecule has 1 aromatic rings. The van der Waals surface area contributed by atoms with Crippen molar-refractivity contribution in [3.8, 4) is 11.5 Å². The average molecular weight is 437 g/mol. The Morgan fingerprint density at radius 1 is 0.903 bits per heavy atom. The molecule has 0 amide bonds. The molecule has 0 heterocycles. The molecule has 2 aliphatic rings. The van der Waals surface area contributed by atoms with Gasteiger partial charge in [-0.1, -0.05) is 58.8 Å². The number of benzene rings is 1. The molecule has 0 radical (unpaired) electrons. The normalized spacial score (nSPS) is 23.7. The highest BCUT2D eigenvalue weighted by Gasteiger charge is 2.45. The second-order valence-electron chi connectivity index (χ2n) is 9.99. The predicted molar refractivity (Wildman–Crippen MR) is 123 cm³/mol. The van der Waals surface area contributed by atoms with Crippen molar-refractivity contribution in [2.24, 2.45) is 23.2 Å². The van der Waals surface area contributed by atoms with E-state index in [1.165, 1.54) is 89.9 Å². The highest BCUT2D eigenvalue weighted by Crippen LogP contribution is 2.55. The molecule has 0 N–H and O–H groups in total. The summed E-state index contributed by atoms with van der Waals surface area (Å²) < 4.78 is 38.7. The number of rotatable bonds is 10. The molecule has 1 aromatic carbocycles. The quantitative estimate of drug-likeness (QED) is 0.367.